The van der Waals surface area contributed by atoms with E-state index in [2.05, 4.69) is 16.8 Å². The van der Waals surface area contributed by atoms with Crippen LogP contribution in [0.15, 0.2) is 39.9 Å². The quantitative estimate of drug-likeness (QED) is 0.453. The molecular weight excluding hydrogens is 468 g/mol. The summed E-state index contributed by atoms with van der Waals surface area (Å²) in [7, 11) is 0. The monoisotopic (exact) mass is 494 g/mol. The number of aromatic nitrogens is 4. The molecule has 3 heterocycles. The zero-order valence-corrected chi connectivity index (χ0v) is 19.8. The van der Waals surface area contributed by atoms with Gasteiger partial charge in [-0.3, -0.25) is 23.3 Å². The average molecular weight is 495 g/mol. The third-order valence-corrected chi connectivity index (χ3v) is 6.10. The van der Waals surface area contributed by atoms with E-state index in [1.54, 1.807) is 11.5 Å². The molecule has 1 aliphatic heterocycles. The number of carboxylic acids is 1. The lowest BCUT2D eigenvalue weighted by molar-refractivity contribution is -0.137. The summed E-state index contributed by atoms with van der Waals surface area (Å²) < 4.78 is 3.63. The number of amides is 1. The molecule has 0 unspecified atom stereocenters. The Kier molecular flexibility index (Phi) is 7.10. The predicted octanol–water partition coefficient (Wildman–Crippen LogP) is 0.510. The third-order valence-electron chi connectivity index (χ3n) is 6.10. The van der Waals surface area contributed by atoms with E-state index in [0.29, 0.717) is 25.5 Å². The number of hydrogen-bond acceptors (Lipinski definition) is 6. The minimum atomic E-state index is -1.24. The normalized spacial score (nSPS) is 13.5. The maximum Gasteiger partial charge on any atom is 0.407 e. The molecule has 0 aliphatic carbocycles. The molecule has 2 aromatic heterocycles. The van der Waals surface area contributed by atoms with Crippen molar-refractivity contribution in [2.45, 2.75) is 33.0 Å². The second kappa shape index (κ2) is 10.4. The van der Waals surface area contributed by atoms with Crippen LogP contribution in [-0.2, 0) is 30.8 Å². The average Bonchev–Trinajstić information content (AvgIpc) is 3.25. The van der Waals surface area contributed by atoms with Crippen LogP contribution < -0.4 is 16.1 Å². The number of benzene rings is 1. The van der Waals surface area contributed by atoms with Crippen LogP contribution in [0.25, 0.3) is 11.2 Å². The molecule has 0 spiro atoms. The summed E-state index contributed by atoms with van der Waals surface area (Å²) in [5.74, 6) is 4.80. The Morgan fingerprint density at radius 1 is 1.00 bits per heavy atom. The van der Waals surface area contributed by atoms with E-state index in [9.17, 15) is 29.4 Å². The van der Waals surface area contributed by atoms with Crippen molar-refractivity contribution in [2.24, 2.45) is 0 Å². The molecule has 1 amide bonds. The number of anilines is 1. The summed E-state index contributed by atoms with van der Waals surface area (Å²) in [4.78, 5) is 57.5. The first-order valence-electron chi connectivity index (χ1n) is 11.4. The smallest absolute Gasteiger partial charge is 0.407 e. The van der Waals surface area contributed by atoms with Crippen LogP contribution in [0.4, 0.5) is 10.7 Å². The number of carbonyl (C=O) groups is 2. The van der Waals surface area contributed by atoms with Crippen molar-refractivity contribution >= 4 is 29.2 Å². The molecule has 1 aromatic carbocycles. The fourth-order valence-corrected chi connectivity index (χ4v) is 4.29. The maximum atomic E-state index is 13.6. The molecule has 0 saturated carbocycles. The fraction of sp³-hybridized carbons (Fsp3) is 0.375. The third kappa shape index (κ3) is 4.81. The molecule has 188 valence electrons. The van der Waals surface area contributed by atoms with Gasteiger partial charge in [-0.2, -0.15) is 4.98 Å². The second-order valence-corrected chi connectivity index (χ2v) is 8.31. The molecule has 2 N–H and O–H groups in total. The molecule has 0 bridgehead atoms. The van der Waals surface area contributed by atoms with Crippen molar-refractivity contribution in [3.8, 4) is 11.8 Å². The van der Waals surface area contributed by atoms with Crippen molar-refractivity contribution in [3.05, 3.63) is 56.7 Å². The molecule has 4 rings (SSSR count). The highest BCUT2D eigenvalue weighted by molar-refractivity contribution is 5.77. The lowest BCUT2D eigenvalue weighted by Crippen LogP contribution is -2.49. The number of fused-ring (bicyclic) bond motifs is 1. The van der Waals surface area contributed by atoms with E-state index in [4.69, 9.17) is 0 Å². The second-order valence-electron chi connectivity index (χ2n) is 8.31. The Morgan fingerprint density at radius 2 is 1.69 bits per heavy atom. The number of aliphatic carboxylic acids is 1. The van der Waals surface area contributed by atoms with E-state index in [0.717, 1.165) is 14.7 Å². The molecule has 1 aliphatic rings. The minimum Gasteiger partial charge on any atom is -0.480 e. The summed E-state index contributed by atoms with van der Waals surface area (Å²) >= 11 is 0. The van der Waals surface area contributed by atoms with Crippen molar-refractivity contribution in [1.82, 2.24) is 23.6 Å². The Morgan fingerprint density at radius 3 is 2.31 bits per heavy atom. The van der Waals surface area contributed by atoms with E-state index in [1.165, 1.54) is 4.90 Å². The highest BCUT2D eigenvalue weighted by Gasteiger charge is 2.28. The van der Waals surface area contributed by atoms with Gasteiger partial charge in [0, 0.05) is 32.7 Å². The summed E-state index contributed by atoms with van der Waals surface area (Å²) in [6.45, 7) is 2.27. The minimum absolute atomic E-state index is 0.0306. The van der Waals surface area contributed by atoms with Crippen molar-refractivity contribution in [2.75, 3.05) is 31.1 Å². The summed E-state index contributed by atoms with van der Waals surface area (Å²) in [6.07, 6.45) is -0.613. The van der Waals surface area contributed by atoms with Crippen LogP contribution in [0, 0.1) is 11.8 Å². The largest absolute Gasteiger partial charge is 0.480 e. The van der Waals surface area contributed by atoms with Crippen LogP contribution in [-0.4, -0.2) is 72.0 Å². The Balaban J connectivity index is 1.87. The van der Waals surface area contributed by atoms with Crippen LogP contribution in [0.3, 0.4) is 0 Å². The van der Waals surface area contributed by atoms with Crippen LogP contribution >= 0.6 is 0 Å². The first-order valence-corrected chi connectivity index (χ1v) is 11.4. The van der Waals surface area contributed by atoms with Gasteiger partial charge in [-0.15, -0.1) is 5.92 Å². The predicted molar refractivity (Wildman–Crippen MR) is 131 cm³/mol. The van der Waals surface area contributed by atoms with Crippen molar-refractivity contribution in [1.29, 1.82) is 0 Å². The molecule has 12 nitrogen and oxygen atoms in total. The van der Waals surface area contributed by atoms with Gasteiger partial charge in [-0.1, -0.05) is 36.3 Å². The molecular formula is C24H26N6O6. The van der Waals surface area contributed by atoms with Gasteiger partial charge >= 0.3 is 17.8 Å². The number of rotatable bonds is 7. The Hall–Kier alpha value is -4.53. The van der Waals surface area contributed by atoms with Gasteiger partial charge in [-0.05, 0) is 18.9 Å². The first-order chi connectivity index (χ1) is 17.3. The van der Waals surface area contributed by atoms with Crippen LogP contribution in [0.5, 0.6) is 0 Å². The Labute approximate surface area is 205 Å². The molecule has 12 heteroatoms. The van der Waals surface area contributed by atoms with Crippen LogP contribution in [0.1, 0.15) is 12.5 Å². The number of aryl methyl sites for hydroxylation is 1. The number of hydrogen-bond donors (Lipinski definition) is 2. The maximum absolute atomic E-state index is 13.6. The molecule has 0 atom stereocenters. The highest BCUT2D eigenvalue weighted by atomic mass is 16.4. The van der Waals surface area contributed by atoms with E-state index < -0.39 is 29.9 Å². The fourth-order valence-electron chi connectivity index (χ4n) is 4.29. The lowest BCUT2D eigenvalue weighted by atomic mass is 10.1. The Bertz CT molecular complexity index is 1470. The highest BCUT2D eigenvalue weighted by Crippen LogP contribution is 2.21. The van der Waals surface area contributed by atoms with Gasteiger partial charge in [-0.25, -0.2) is 9.59 Å². The standard InChI is InChI=1S/C24H26N6O6/c1-2-3-10-28-19-20(25-22(28)26-12-14-27(15-13-26)24(35)36)30(16-18(31)32)23(34)29(21(19)33)11-9-17-7-5-4-6-8-17/h4-8H,9-16H2,1H3,(H,31,32)(H,35,36). The van der Waals surface area contributed by atoms with Gasteiger partial charge in [0.15, 0.2) is 11.2 Å². The van der Waals surface area contributed by atoms with Gasteiger partial charge in [0.25, 0.3) is 5.56 Å². The number of carboxylic acid groups (broad SMARTS) is 2. The summed E-state index contributed by atoms with van der Waals surface area (Å²) in [6, 6.07) is 9.36. The van der Waals surface area contributed by atoms with Crippen molar-refractivity contribution in [3.63, 3.8) is 0 Å². The van der Waals surface area contributed by atoms with Gasteiger partial charge in [0.05, 0.1) is 6.54 Å². The van der Waals surface area contributed by atoms with Gasteiger partial charge in [0.2, 0.25) is 5.95 Å². The summed E-state index contributed by atoms with van der Waals surface area (Å²) in [5.41, 5.74) is -0.344. The number of nitrogens with zero attached hydrogens (tertiary/aromatic N) is 6. The van der Waals surface area contributed by atoms with Gasteiger partial charge < -0.3 is 20.0 Å². The van der Waals surface area contributed by atoms with E-state index in [-0.39, 0.29) is 37.3 Å². The number of piperazine rings is 1. The zero-order valence-electron chi connectivity index (χ0n) is 19.8. The van der Waals surface area contributed by atoms with Crippen molar-refractivity contribution < 1.29 is 19.8 Å². The van der Waals surface area contributed by atoms with E-state index >= 15 is 0 Å². The first kappa shape index (κ1) is 24.6. The van der Waals surface area contributed by atoms with Gasteiger partial charge in [0.1, 0.15) is 6.54 Å². The topological polar surface area (TPSA) is 143 Å². The molecule has 3 aromatic rings. The zero-order chi connectivity index (χ0) is 25.8. The molecule has 1 saturated heterocycles. The number of imidazole rings is 1. The molecule has 0 radical (unpaired) electrons. The molecule has 1 fully saturated rings. The summed E-state index contributed by atoms with van der Waals surface area (Å²) in [5, 5.41) is 18.8. The SMILES string of the molecule is CC#CCn1c(N2CCN(C(=O)O)CC2)nc2c1c(=O)n(CCc1ccccc1)c(=O)n2CC(=O)O. The lowest BCUT2D eigenvalue weighted by Gasteiger charge is -2.33. The van der Waals surface area contributed by atoms with E-state index in [1.807, 2.05) is 35.2 Å². The molecule has 36 heavy (non-hydrogen) atoms. The van der Waals surface area contributed by atoms with Crippen LogP contribution in [0.2, 0.25) is 0 Å².